The van der Waals surface area contributed by atoms with Gasteiger partial charge in [0, 0.05) is 6.04 Å². The number of rotatable bonds is 9. The van der Waals surface area contributed by atoms with E-state index in [0.717, 1.165) is 0 Å². The largest absolute Gasteiger partial charge is 0.261 e. The molecule has 0 aliphatic carbocycles. The summed E-state index contributed by atoms with van der Waals surface area (Å²) in [5, 5.41) is 0. The van der Waals surface area contributed by atoms with Gasteiger partial charge in [0.2, 0.25) is 0 Å². The molecule has 13 heteroatoms. The molecule has 10 nitrogen and oxygen atoms in total. The normalized spacial score (nSPS) is 14.4. The first kappa shape index (κ1) is 28.4. The minimum atomic E-state index is -2.87. The number of nitrogens with two attached hydrogens (primary N) is 1. The Bertz CT molecular complexity index is 560. The van der Waals surface area contributed by atoms with Gasteiger partial charge in [0.15, 0.2) is 15.0 Å². The standard InChI is InChI=1S/C15H45N10P3/c1-15(2)17-26(16,18-27(20(3)4,21(5)6)22(7)8)19-28(23(9)10,24(11)12)25(13)14/h15H,16H2,1-14H3. The molecule has 0 bridgehead atoms. The van der Waals surface area contributed by atoms with Gasteiger partial charge in [0.1, 0.15) is 0 Å². The van der Waals surface area contributed by atoms with Crippen LogP contribution in [-0.4, -0.2) is 119 Å². The van der Waals surface area contributed by atoms with E-state index < -0.39 is 22.5 Å². The third-order valence-corrected chi connectivity index (χ3v) is 15.4. The fourth-order valence-electron chi connectivity index (χ4n) is 3.38. The lowest BCUT2D eigenvalue weighted by Gasteiger charge is -2.44. The van der Waals surface area contributed by atoms with Crippen molar-refractivity contribution in [2.75, 3.05) is 84.6 Å². The van der Waals surface area contributed by atoms with Gasteiger partial charge in [-0.3, -0.25) is 33.5 Å². The molecule has 0 fully saturated rings. The van der Waals surface area contributed by atoms with Crippen LogP contribution in [0.25, 0.3) is 0 Å². The lowest BCUT2D eigenvalue weighted by atomic mass is 10.4. The van der Waals surface area contributed by atoms with E-state index in [4.69, 9.17) is 19.3 Å². The third kappa shape index (κ3) is 5.98. The highest BCUT2D eigenvalue weighted by Gasteiger charge is 2.36. The molecule has 0 aromatic heterocycles. The van der Waals surface area contributed by atoms with Gasteiger partial charge < -0.3 is 0 Å². The molecule has 0 spiro atoms. The van der Waals surface area contributed by atoms with Gasteiger partial charge in [-0.1, -0.05) is 0 Å². The summed E-state index contributed by atoms with van der Waals surface area (Å²) in [5.74, 6) is 0. The summed E-state index contributed by atoms with van der Waals surface area (Å²) in [5.41, 5.74) is 7.00. The minimum Gasteiger partial charge on any atom is -0.261 e. The van der Waals surface area contributed by atoms with E-state index in [1.165, 1.54) is 0 Å². The average Bonchev–Trinajstić information content (AvgIpc) is 2.47. The van der Waals surface area contributed by atoms with Crippen LogP contribution in [0.15, 0.2) is 13.8 Å². The van der Waals surface area contributed by atoms with Crippen molar-refractivity contribution >= 4 is 22.5 Å². The van der Waals surface area contributed by atoms with Crippen LogP contribution in [0.2, 0.25) is 0 Å². The van der Waals surface area contributed by atoms with Crippen LogP contribution in [-0.2, 0) is 0 Å². The van der Waals surface area contributed by atoms with E-state index in [9.17, 15) is 0 Å². The molecule has 0 radical (unpaired) electrons. The molecular formula is C15H45N10P3. The van der Waals surface area contributed by atoms with Gasteiger partial charge in [-0.25, -0.2) is 4.74 Å². The molecule has 0 aliphatic heterocycles. The summed E-state index contributed by atoms with van der Waals surface area (Å²) in [7, 11) is 17.2. The zero-order valence-corrected chi connectivity index (χ0v) is 23.2. The molecule has 0 aliphatic rings. The minimum absolute atomic E-state index is 0.0348. The maximum absolute atomic E-state index is 7.00. The molecule has 0 amide bonds. The molecule has 2 N–H and O–H groups in total. The first-order valence-electron chi connectivity index (χ1n) is 9.24. The predicted octanol–water partition coefficient (Wildman–Crippen LogP) is 3.56. The highest BCUT2D eigenvalue weighted by molar-refractivity contribution is 7.76. The van der Waals surface area contributed by atoms with Crippen LogP contribution in [0.1, 0.15) is 13.8 Å². The highest BCUT2D eigenvalue weighted by atomic mass is 31.2. The Morgan fingerprint density at radius 1 is 0.536 bits per heavy atom. The van der Waals surface area contributed by atoms with Crippen LogP contribution in [0.3, 0.4) is 0 Å². The van der Waals surface area contributed by atoms with Crippen molar-refractivity contribution < 1.29 is 0 Å². The van der Waals surface area contributed by atoms with Crippen LogP contribution in [0, 0.1) is 0 Å². The van der Waals surface area contributed by atoms with E-state index in [1.54, 1.807) is 0 Å². The SMILES string of the molecule is CC(C)N=P(N)(N=P(N(C)C)(N(C)C)N(C)C)N=P(N(C)C)(N(C)C)N(C)C. The topological polar surface area (TPSA) is 82.5 Å². The van der Waals surface area contributed by atoms with Crippen LogP contribution >= 0.6 is 22.5 Å². The summed E-state index contributed by atoms with van der Waals surface area (Å²) in [6, 6.07) is 0.0348. The zero-order valence-electron chi connectivity index (χ0n) is 20.5. The monoisotopic (exact) mass is 458 g/mol. The summed E-state index contributed by atoms with van der Waals surface area (Å²) in [6.45, 7) is 4.07. The van der Waals surface area contributed by atoms with Crippen LogP contribution in [0.4, 0.5) is 0 Å². The van der Waals surface area contributed by atoms with E-state index >= 15 is 0 Å². The number of hydrogen-bond acceptors (Lipinski definition) is 1. The second-order valence-corrected chi connectivity index (χ2v) is 18.0. The van der Waals surface area contributed by atoms with Gasteiger partial charge in [0.05, 0.1) is 0 Å². The second kappa shape index (κ2) is 10.6. The molecule has 0 unspecified atom stereocenters. The molecule has 0 rings (SSSR count). The highest BCUT2D eigenvalue weighted by Crippen LogP contribution is 2.69. The molecular weight excluding hydrogens is 413 g/mol. The van der Waals surface area contributed by atoms with Crippen molar-refractivity contribution in [3.8, 4) is 0 Å². The lowest BCUT2D eigenvalue weighted by molar-refractivity contribution is 0.474. The molecule has 0 saturated heterocycles. The molecule has 0 aromatic rings. The van der Waals surface area contributed by atoms with Crippen molar-refractivity contribution in [3.63, 3.8) is 0 Å². The zero-order chi connectivity index (χ0) is 22.7. The maximum atomic E-state index is 7.00. The molecule has 0 aromatic carbocycles. The third-order valence-electron chi connectivity index (χ3n) is 4.12. The smallest absolute Gasteiger partial charge is 0.254 e. The Kier molecular flexibility index (Phi) is 10.8. The number of hydrogen-bond donors (Lipinski definition) is 1. The first-order valence-corrected chi connectivity index (χ1v) is 14.2. The van der Waals surface area contributed by atoms with Gasteiger partial charge in [-0.15, -0.1) is 0 Å². The molecule has 0 saturated carbocycles. The predicted molar refractivity (Wildman–Crippen MR) is 129 cm³/mol. The van der Waals surface area contributed by atoms with Gasteiger partial charge >= 0.3 is 0 Å². The quantitative estimate of drug-likeness (QED) is 0.529. The van der Waals surface area contributed by atoms with Crippen molar-refractivity contribution in [3.05, 3.63) is 0 Å². The summed E-state index contributed by atoms with van der Waals surface area (Å²) >= 11 is 0. The fraction of sp³-hybridized carbons (Fsp3) is 1.00. The van der Waals surface area contributed by atoms with E-state index in [1.807, 2.05) is 98.4 Å². The summed E-state index contributed by atoms with van der Waals surface area (Å²) in [4.78, 5) is 0. The molecule has 170 valence electrons. The molecule has 0 heterocycles. The van der Waals surface area contributed by atoms with Gasteiger partial charge in [0.25, 0.3) is 7.51 Å². The van der Waals surface area contributed by atoms with Crippen molar-refractivity contribution in [2.45, 2.75) is 19.9 Å². The molecule has 0 atom stereocenters. The first-order chi connectivity index (χ1) is 12.5. The molecule has 28 heavy (non-hydrogen) atoms. The number of nitrogens with zero attached hydrogens (tertiary/aromatic N) is 9. The Morgan fingerprint density at radius 3 is 0.893 bits per heavy atom. The lowest BCUT2D eigenvalue weighted by Crippen LogP contribution is -2.31. The van der Waals surface area contributed by atoms with Gasteiger partial charge in [-0.2, -0.15) is 9.03 Å². The Hall–Kier alpha value is 0.410. The Labute approximate surface area is 174 Å². The van der Waals surface area contributed by atoms with Crippen molar-refractivity contribution in [1.29, 1.82) is 0 Å². The van der Waals surface area contributed by atoms with Crippen LogP contribution in [0.5, 0.6) is 0 Å². The maximum Gasteiger partial charge on any atom is 0.254 e. The summed E-state index contributed by atoms with van der Waals surface area (Å²) < 4.78 is 28.5. The summed E-state index contributed by atoms with van der Waals surface area (Å²) in [6.07, 6.45) is 0. The second-order valence-electron chi connectivity index (χ2n) is 8.16. The average molecular weight is 459 g/mol. The van der Waals surface area contributed by atoms with E-state index in [0.29, 0.717) is 0 Å². The van der Waals surface area contributed by atoms with Crippen molar-refractivity contribution in [1.82, 2.24) is 28.0 Å². The Balaban J connectivity index is 7.52. The van der Waals surface area contributed by atoms with Gasteiger partial charge in [-0.05, 0) is 98.4 Å². The van der Waals surface area contributed by atoms with E-state index in [2.05, 4.69) is 28.0 Å². The fourth-order valence-corrected chi connectivity index (χ4v) is 15.9. The van der Waals surface area contributed by atoms with Crippen molar-refractivity contribution in [2.24, 2.45) is 19.3 Å². The Morgan fingerprint density at radius 2 is 0.750 bits per heavy atom. The van der Waals surface area contributed by atoms with E-state index in [-0.39, 0.29) is 6.04 Å². The van der Waals surface area contributed by atoms with Crippen LogP contribution < -0.4 is 5.50 Å².